The lowest BCUT2D eigenvalue weighted by Crippen LogP contribution is -2.46. The van der Waals surface area contributed by atoms with Gasteiger partial charge in [0.2, 0.25) is 0 Å². The minimum absolute atomic E-state index is 0.793. The molecule has 0 saturated carbocycles. The van der Waals surface area contributed by atoms with Crippen LogP contribution in [0.4, 0.5) is 0 Å². The van der Waals surface area contributed by atoms with Gasteiger partial charge in [0, 0.05) is 12.1 Å². The van der Waals surface area contributed by atoms with Crippen molar-refractivity contribution in [3.05, 3.63) is 0 Å². The molecule has 0 aromatic carbocycles. The van der Waals surface area contributed by atoms with E-state index in [2.05, 4.69) is 29.2 Å². The Kier molecular flexibility index (Phi) is 4.62. The largest absolute Gasteiger partial charge is 0.314 e. The SMILES string of the molecule is CN(C)CCCNC1CCN2CCCC2C1. The van der Waals surface area contributed by atoms with Crippen LogP contribution in [0.5, 0.6) is 0 Å². The highest BCUT2D eigenvalue weighted by Crippen LogP contribution is 2.26. The van der Waals surface area contributed by atoms with Crippen molar-refractivity contribution in [1.29, 1.82) is 0 Å². The van der Waals surface area contributed by atoms with E-state index >= 15 is 0 Å². The predicted molar refractivity (Wildman–Crippen MR) is 68.8 cm³/mol. The molecule has 94 valence electrons. The lowest BCUT2D eigenvalue weighted by Gasteiger charge is -2.35. The molecule has 3 heteroatoms. The van der Waals surface area contributed by atoms with Gasteiger partial charge in [0.25, 0.3) is 0 Å². The normalized spacial score (nSPS) is 30.9. The Bertz CT molecular complexity index is 205. The van der Waals surface area contributed by atoms with E-state index in [4.69, 9.17) is 0 Å². The molecule has 0 aromatic heterocycles. The predicted octanol–water partition coefficient (Wildman–Crippen LogP) is 1.15. The first-order valence-corrected chi connectivity index (χ1v) is 6.88. The highest BCUT2D eigenvalue weighted by atomic mass is 15.2. The van der Waals surface area contributed by atoms with Gasteiger partial charge in [-0.25, -0.2) is 0 Å². The summed E-state index contributed by atoms with van der Waals surface area (Å²) >= 11 is 0. The molecule has 2 unspecified atom stereocenters. The maximum absolute atomic E-state index is 3.74. The van der Waals surface area contributed by atoms with Gasteiger partial charge in [0.15, 0.2) is 0 Å². The summed E-state index contributed by atoms with van der Waals surface area (Å²) in [5, 5.41) is 3.74. The molecular weight excluding hydrogens is 198 g/mol. The van der Waals surface area contributed by atoms with E-state index in [9.17, 15) is 0 Å². The molecule has 0 amide bonds. The van der Waals surface area contributed by atoms with Gasteiger partial charge >= 0.3 is 0 Å². The molecule has 2 saturated heterocycles. The Hall–Kier alpha value is -0.120. The van der Waals surface area contributed by atoms with Crippen molar-refractivity contribution in [2.45, 2.75) is 44.2 Å². The molecule has 3 nitrogen and oxygen atoms in total. The highest BCUT2D eigenvalue weighted by Gasteiger charge is 2.31. The van der Waals surface area contributed by atoms with Crippen LogP contribution in [0.3, 0.4) is 0 Å². The number of hydrogen-bond donors (Lipinski definition) is 1. The van der Waals surface area contributed by atoms with Crippen molar-refractivity contribution < 1.29 is 0 Å². The molecule has 16 heavy (non-hydrogen) atoms. The quantitative estimate of drug-likeness (QED) is 0.708. The Morgan fingerprint density at radius 1 is 1.25 bits per heavy atom. The molecule has 0 aliphatic carbocycles. The smallest absolute Gasteiger partial charge is 0.0111 e. The average molecular weight is 225 g/mol. The van der Waals surface area contributed by atoms with Crippen LogP contribution in [0.15, 0.2) is 0 Å². The second-order valence-electron chi connectivity index (χ2n) is 5.66. The number of nitrogens with zero attached hydrogens (tertiary/aromatic N) is 2. The Morgan fingerprint density at radius 2 is 2.12 bits per heavy atom. The van der Waals surface area contributed by atoms with E-state index in [-0.39, 0.29) is 0 Å². The van der Waals surface area contributed by atoms with Gasteiger partial charge in [-0.3, -0.25) is 0 Å². The summed E-state index contributed by atoms with van der Waals surface area (Å²) < 4.78 is 0. The summed E-state index contributed by atoms with van der Waals surface area (Å²) in [6, 6.07) is 1.70. The average Bonchev–Trinajstić information content (AvgIpc) is 2.71. The van der Waals surface area contributed by atoms with E-state index < -0.39 is 0 Å². The maximum Gasteiger partial charge on any atom is 0.0111 e. The molecule has 0 bridgehead atoms. The van der Waals surface area contributed by atoms with Crippen molar-refractivity contribution in [3.63, 3.8) is 0 Å². The van der Waals surface area contributed by atoms with Crippen LogP contribution in [0.2, 0.25) is 0 Å². The second kappa shape index (κ2) is 5.99. The summed E-state index contributed by atoms with van der Waals surface area (Å²) in [7, 11) is 4.30. The second-order valence-corrected chi connectivity index (χ2v) is 5.66. The van der Waals surface area contributed by atoms with Gasteiger partial charge in [0.1, 0.15) is 0 Å². The standard InChI is InChI=1S/C13H27N3/c1-15(2)8-4-7-14-12-6-10-16-9-3-5-13(16)11-12/h12-14H,3-11H2,1-2H3. The van der Waals surface area contributed by atoms with E-state index in [0.717, 1.165) is 12.1 Å². The molecule has 2 rings (SSSR count). The molecular formula is C13H27N3. The van der Waals surface area contributed by atoms with Crippen LogP contribution in [0, 0.1) is 0 Å². The number of piperidine rings is 1. The lowest BCUT2D eigenvalue weighted by atomic mass is 9.97. The van der Waals surface area contributed by atoms with Crippen molar-refractivity contribution in [2.24, 2.45) is 0 Å². The summed E-state index contributed by atoms with van der Waals surface area (Å²) in [5.74, 6) is 0. The van der Waals surface area contributed by atoms with Gasteiger partial charge in [-0.2, -0.15) is 0 Å². The first kappa shape index (κ1) is 12.3. The summed E-state index contributed by atoms with van der Waals surface area (Å²) in [4.78, 5) is 4.96. The molecule has 2 fully saturated rings. The van der Waals surface area contributed by atoms with Crippen molar-refractivity contribution in [2.75, 3.05) is 40.3 Å². The highest BCUT2D eigenvalue weighted by molar-refractivity contribution is 4.89. The monoisotopic (exact) mass is 225 g/mol. The molecule has 2 aliphatic rings. The molecule has 2 aliphatic heterocycles. The topological polar surface area (TPSA) is 18.5 Å². The zero-order valence-electron chi connectivity index (χ0n) is 10.9. The minimum Gasteiger partial charge on any atom is -0.314 e. The molecule has 2 atom stereocenters. The number of hydrogen-bond acceptors (Lipinski definition) is 3. The minimum atomic E-state index is 0.793. The van der Waals surface area contributed by atoms with E-state index in [1.54, 1.807) is 0 Å². The molecule has 2 heterocycles. The lowest BCUT2D eigenvalue weighted by molar-refractivity contribution is 0.166. The van der Waals surface area contributed by atoms with Crippen LogP contribution in [-0.4, -0.2) is 62.2 Å². The van der Waals surface area contributed by atoms with Crippen LogP contribution in [0.25, 0.3) is 0 Å². The van der Waals surface area contributed by atoms with Gasteiger partial charge in [-0.15, -0.1) is 0 Å². The van der Waals surface area contributed by atoms with Crippen LogP contribution in [-0.2, 0) is 0 Å². The fraction of sp³-hybridized carbons (Fsp3) is 1.00. The van der Waals surface area contributed by atoms with Crippen LogP contribution < -0.4 is 5.32 Å². The fourth-order valence-corrected chi connectivity index (χ4v) is 3.11. The van der Waals surface area contributed by atoms with Crippen molar-refractivity contribution >= 4 is 0 Å². The number of fused-ring (bicyclic) bond motifs is 1. The summed E-state index contributed by atoms with van der Waals surface area (Å²) in [6.07, 6.45) is 6.90. The molecule has 1 N–H and O–H groups in total. The van der Waals surface area contributed by atoms with Gasteiger partial charge in [-0.05, 0) is 72.4 Å². The van der Waals surface area contributed by atoms with Crippen molar-refractivity contribution in [1.82, 2.24) is 15.1 Å². The first-order valence-electron chi connectivity index (χ1n) is 6.88. The molecule has 0 aromatic rings. The molecule has 0 radical (unpaired) electrons. The van der Waals surface area contributed by atoms with Crippen LogP contribution >= 0.6 is 0 Å². The van der Waals surface area contributed by atoms with Gasteiger partial charge in [-0.1, -0.05) is 0 Å². The summed E-state index contributed by atoms with van der Waals surface area (Å²) in [5.41, 5.74) is 0. The maximum atomic E-state index is 3.74. The van der Waals surface area contributed by atoms with Gasteiger partial charge < -0.3 is 15.1 Å². The number of rotatable bonds is 5. The Labute approximate surface area is 100 Å². The Balaban J connectivity index is 1.60. The van der Waals surface area contributed by atoms with Crippen LogP contribution in [0.1, 0.15) is 32.1 Å². The van der Waals surface area contributed by atoms with E-state index in [0.29, 0.717) is 0 Å². The zero-order chi connectivity index (χ0) is 11.4. The number of nitrogens with one attached hydrogen (secondary N) is 1. The van der Waals surface area contributed by atoms with E-state index in [1.165, 1.54) is 58.3 Å². The molecule has 0 spiro atoms. The van der Waals surface area contributed by atoms with Crippen molar-refractivity contribution in [3.8, 4) is 0 Å². The third-order valence-electron chi connectivity index (χ3n) is 4.04. The third-order valence-corrected chi connectivity index (χ3v) is 4.04. The zero-order valence-corrected chi connectivity index (χ0v) is 10.9. The van der Waals surface area contributed by atoms with E-state index in [1.807, 2.05) is 0 Å². The fourth-order valence-electron chi connectivity index (χ4n) is 3.11. The van der Waals surface area contributed by atoms with Gasteiger partial charge in [0.05, 0.1) is 0 Å². The Morgan fingerprint density at radius 3 is 2.94 bits per heavy atom. The third kappa shape index (κ3) is 3.44. The first-order chi connectivity index (χ1) is 7.75. The summed E-state index contributed by atoms with van der Waals surface area (Å²) in [6.45, 7) is 5.08.